The predicted octanol–water partition coefficient (Wildman–Crippen LogP) is 3.90. The highest BCUT2D eigenvalue weighted by Gasteiger charge is 2.39. The van der Waals surface area contributed by atoms with Crippen LogP contribution in [0.25, 0.3) is 0 Å². The molecule has 28 heavy (non-hydrogen) atoms. The third-order valence-corrected chi connectivity index (χ3v) is 6.11. The first-order valence-electron chi connectivity index (χ1n) is 10.2. The number of hydrogen-bond acceptors (Lipinski definition) is 6. The van der Waals surface area contributed by atoms with Gasteiger partial charge in [-0.2, -0.15) is 4.98 Å². The summed E-state index contributed by atoms with van der Waals surface area (Å²) in [6.45, 7) is 2.66. The Labute approximate surface area is 165 Å². The minimum atomic E-state index is 0.190. The summed E-state index contributed by atoms with van der Waals surface area (Å²) in [4.78, 5) is 16.1. The standard InChI is InChI=1S/C22H25N5O/c1-2-7-16(6-1)21-25-22(28-26-21)20-15-27(13-18-9-3-4-11-24-18)14-19(20)17-8-5-10-23-12-17/h3-5,8-12,16,19-20H,1-2,6-7,13-15H2/t19-,20+/m0/s1. The quantitative estimate of drug-likeness (QED) is 0.674. The zero-order valence-corrected chi connectivity index (χ0v) is 15.9. The fraction of sp³-hybridized carbons (Fsp3) is 0.455. The van der Waals surface area contributed by atoms with Gasteiger partial charge in [0.05, 0.1) is 11.6 Å². The molecule has 0 spiro atoms. The van der Waals surface area contributed by atoms with Crippen molar-refractivity contribution in [1.82, 2.24) is 25.0 Å². The molecule has 3 aromatic rings. The number of hydrogen-bond donors (Lipinski definition) is 0. The Morgan fingerprint density at radius 3 is 2.68 bits per heavy atom. The van der Waals surface area contributed by atoms with Gasteiger partial charge in [-0.15, -0.1) is 0 Å². The van der Waals surface area contributed by atoms with E-state index in [1.54, 1.807) is 0 Å². The molecule has 4 heterocycles. The SMILES string of the molecule is c1ccc(CN2C[C@@H](c3cccnc3)[C@H](c3nc(C4CCCC4)no3)C2)nc1. The van der Waals surface area contributed by atoms with E-state index in [0.717, 1.165) is 37.0 Å². The molecule has 144 valence electrons. The topological polar surface area (TPSA) is 67.9 Å². The van der Waals surface area contributed by atoms with Crippen LogP contribution in [-0.2, 0) is 6.54 Å². The van der Waals surface area contributed by atoms with Gasteiger partial charge in [-0.1, -0.05) is 30.1 Å². The lowest BCUT2D eigenvalue weighted by Gasteiger charge is -2.15. The van der Waals surface area contributed by atoms with E-state index in [1.165, 1.54) is 31.2 Å². The molecule has 1 aliphatic heterocycles. The minimum absolute atomic E-state index is 0.190. The molecule has 5 rings (SSSR count). The maximum Gasteiger partial charge on any atom is 0.231 e. The van der Waals surface area contributed by atoms with Gasteiger partial charge in [-0.25, -0.2) is 0 Å². The summed E-state index contributed by atoms with van der Waals surface area (Å²) >= 11 is 0. The molecule has 0 amide bonds. The average Bonchev–Trinajstić information content (AvgIpc) is 3.49. The third-order valence-electron chi connectivity index (χ3n) is 6.11. The lowest BCUT2D eigenvalue weighted by atomic mass is 9.90. The Hall–Kier alpha value is -2.60. The van der Waals surface area contributed by atoms with Crippen LogP contribution >= 0.6 is 0 Å². The van der Waals surface area contributed by atoms with Crippen LogP contribution in [0.1, 0.15) is 66.4 Å². The molecule has 2 aliphatic rings. The molecule has 1 saturated carbocycles. The smallest absolute Gasteiger partial charge is 0.231 e. The molecule has 1 saturated heterocycles. The molecule has 0 radical (unpaired) electrons. The van der Waals surface area contributed by atoms with E-state index in [1.807, 2.05) is 36.8 Å². The molecule has 6 nitrogen and oxygen atoms in total. The van der Waals surface area contributed by atoms with E-state index in [2.05, 4.69) is 32.2 Å². The van der Waals surface area contributed by atoms with Crippen LogP contribution in [0.15, 0.2) is 53.4 Å². The maximum atomic E-state index is 5.79. The zero-order chi connectivity index (χ0) is 18.8. The second-order valence-electron chi connectivity index (χ2n) is 7.99. The van der Waals surface area contributed by atoms with Crippen LogP contribution in [0.3, 0.4) is 0 Å². The van der Waals surface area contributed by atoms with E-state index >= 15 is 0 Å². The molecule has 2 fully saturated rings. The average molecular weight is 375 g/mol. The highest BCUT2D eigenvalue weighted by molar-refractivity contribution is 5.23. The maximum absolute atomic E-state index is 5.79. The molecule has 6 heteroatoms. The van der Waals surface area contributed by atoms with Gasteiger partial charge < -0.3 is 4.52 Å². The van der Waals surface area contributed by atoms with Crippen molar-refractivity contribution < 1.29 is 4.52 Å². The molecule has 0 aromatic carbocycles. The van der Waals surface area contributed by atoms with Crippen molar-refractivity contribution in [3.8, 4) is 0 Å². The predicted molar refractivity (Wildman–Crippen MR) is 105 cm³/mol. The van der Waals surface area contributed by atoms with Gasteiger partial charge in [0, 0.05) is 50.1 Å². The first kappa shape index (κ1) is 17.5. The first-order valence-corrected chi connectivity index (χ1v) is 10.2. The molecular weight excluding hydrogens is 350 g/mol. The normalized spacial score (nSPS) is 23.4. The van der Waals surface area contributed by atoms with Crippen LogP contribution in [0, 0.1) is 0 Å². The van der Waals surface area contributed by atoms with Gasteiger partial charge in [-0.05, 0) is 36.6 Å². The van der Waals surface area contributed by atoms with Crippen molar-refractivity contribution >= 4 is 0 Å². The summed E-state index contributed by atoms with van der Waals surface area (Å²) in [5.74, 6) is 2.64. The van der Waals surface area contributed by atoms with Gasteiger partial charge in [0.2, 0.25) is 5.89 Å². The summed E-state index contributed by atoms with van der Waals surface area (Å²) in [6.07, 6.45) is 10.6. The van der Waals surface area contributed by atoms with Crippen LogP contribution in [0.4, 0.5) is 0 Å². The van der Waals surface area contributed by atoms with Gasteiger partial charge >= 0.3 is 0 Å². The van der Waals surface area contributed by atoms with Crippen LogP contribution in [0.2, 0.25) is 0 Å². The van der Waals surface area contributed by atoms with Crippen molar-refractivity contribution in [1.29, 1.82) is 0 Å². The summed E-state index contributed by atoms with van der Waals surface area (Å²) < 4.78 is 5.79. The lowest BCUT2D eigenvalue weighted by Crippen LogP contribution is -2.20. The second kappa shape index (κ2) is 7.80. The molecular formula is C22H25N5O. The number of aromatic nitrogens is 4. The summed E-state index contributed by atoms with van der Waals surface area (Å²) in [5.41, 5.74) is 2.32. The molecule has 3 aromatic heterocycles. The van der Waals surface area contributed by atoms with Crippen LogP contribution in [0.5, 0.6) is 0 Å². The summed E-state index contributed by atoms with van der Waals surface area (Å²) in [7, 11) is 0. The van der Waals surface area contributed by atoms with Crippen molar-refractivity contribution in [3.63, 3.8) is 0 Å². The Morgan fingerprint density at radius 1 is 1.00 bits per heavy atom. The molecule has 2 atom stereocenters. The number of nitrogens with zero attached hydrogens (tertiary/aromatic N) is 5. The van der Waals surface area contributed by atoms with E-state index in [4.69, 9.17) is 9.51 Å². The number of pyridine rings is 2. The summed E-state index contributed by atoms with van der Waals surface area (Å²) in [6, 6.07) is 10.2. The highest BCUT2D eigenvalue weighted by Crippen LogP contribution is 2.40. The lowest BCUT2D eigenvalue weighted by molar-refractivity contribution is 0.305. The van der Waals surface area contributed by atoms with Gasteiger partial charge in [0.15, 0.2) is 5.82 Å². The Balaban J connectivity index is 1.40. The largest absolute Gasteiger partial charge is 0.339 e. The fourth-order valence-electron chi connectivity index (χ4n) is 4.67. The van der Waals surface area contributed by atoms with Crippen molar-refractivity contribution in [2.75, 3.05) is 13.1 Å². The van der Waals surface area contributed by atoms with E-state index in [9.17, 15) is 0 Å². The highest BCUT2D eigenvalue weighted by atomic mass is 16.5. The van der Waals surface area contributed by atoms with Crippen LogP contribution in [-0.4, -0.2) is 38.1 Å². The van der Waals surface area contributed by atoms with Crippen LogP contribution < -0.4 is 0 Å². The molecule has 1 aliphatic carbocycles. The van der Waals surface area contributed by atoms with Gasteiger partial charge in [0.25, 0.3) is 0 Å². The first-order chi connectivity index (χ1) is 13.9. The Kier molecular flexibility index (Phi) is 4.87. The fourth-order valence-corrected chi connectivity index (χ4v) is 4.67. The molecule has 0 N–H and O–H groups in total. The van der Waals surface area contributed by atoms with E-state index in [0.29, 0.717) is 11.8 Å². The van der Waals surface area contributed by atoms with E-state index in [-0.39, 0.29) is 5.92 Å². The van der Waals surface area contributed by atoms with Gasteiger partial charge in [-0.3, -0.25) is 14.9 Å². The number of likely N-dealkylation sites (tertiary alicyclic amines) is 1. The van der Waals surface area contributed by atoms with E-state index < -0.39 is 0 Å². The van der Waals surface area contributed by atoms with Crippen molar-refractivity contribution in [3.05, 3.63) is 71.9 Å². The Morgan fingerprint density at radius 2 is 1.89 bits per heavy atom. The monoisotopic (exact) mass is 375 g/mol. The Bertz CT molecular complexity index is 892. The zero-order valence-electron chi connectivity index (χ0n) is 15.9. The minimum Gasteiger partial charge on any atom is -0.339 e. The third kappa shape index (κ3) is 3.56. The van der Waals surface area contributed by atoms with Gasteiger partial charge in [0.1, 0.15) is 0 Å². The molecule has 0 bridgehead atoms. The van der Waals surface area contributed by atoms with Crippen molar-refractivity contribution in [2.45, 2.75) is 50.0 Å². The number of rotatable bonds is 5. The summed E-state index contributed by atoms with van der Waals surface area (Å²) in [5, 5.41) is 4.35. The second-order valence-corrected chi connectivity index (χ2v) is 7.99. The molecule has 0 unspecified atom stereocenters. The van der Waals surface area contributed by atoms with Crippen molar-refractivity contribution in [2.24, 2.45) is 0 Å².